The van der Waals surface area contributed by atoms with Crippen molar-refractivity contribution in [2.75, 3.05) is 13.2 Å². The molecule has 3 aromatic rings. The zero-order chi connectivity index (χ0) is 17.8. The smallest absolute Gasteiger partial charge is 0.145 e. The van der Waals surface area contributed by atoms with Crippen molar-refractivity contribution < 1.29 is 9.84 Å². The van der Waals surface area contributed by atoms with E-state index >= 15 is 0 Å². The van der Waals surface area contributed by atoms with Gasteiger partial charge in [0.1, 0.15) is 24.0 Å². The first-order valence-electron chi connectivity index (χ1n) is 9.24. The minimum Gasteiger partial charge on any atom is -0.489 e. The van der Waals surface area contributed by atoms with E-state index in [1.165, 1.54) is 11.1 Å². The number of pyridine rings is 1. The Morgan fingerprint density at radius 1 is 1.07 bits per heavy atom. The van der Waals surface area contributed by atoms with Gasteiger partial charge < -0.3 is 15.2 Å². The summed E-state index contributed by atoms with van der Waals surface area (Å²) < 4.78 is 5.82. The molecule has 0 amide bonds. The number of nitrogens with zero attached hydrogens (tertiary/aromatic N) is 1. The summed E-state index contributed by atoms with van der Waals surface area (Å²) in [5, 5.41) is 14.8. The molecular weight excluding hydrogens is 360 g/mol. The van der Waals surface area contributed by atoms with Crippen LogP contribution in [0.5, 0.6) is 5.75 Å². The largest absolute Gasteiger partial charge is 0.489 e. The number of para-hydroxylation sites is 1. The highest BCUT2D eigenvalue weighted by Crippen LogP contribution is 2.23. The number of aromatic nitrogens is 1. The molecule has 1 aliphatic rings. The van der Waals surface area contributed by atoms with Gasteiger partial charge in [0, 0.05) is 24.2 Å². The first-order chi connectivity index (χ1) is 12.8. The monoisotopic (exact) mass is 384 g/mol. The van der Waals surface area contributed by atoms with Crippen molar-refractivity contribution in [3.05, 3.63) is 71.9 Å². The van der Waals surface area contributed by atoms with Crippen LogP contribution < -0.4 is 10.1 Å². The summed E-state index contributed by atoms with van der Waals surface area (Å²) in [6, 6.07) is 18.8. The molecule has 2 N–H and O–H groups in total. The molecule has 1 aliphatic carbocycles. The number of benzene rings is 2. The number of ether oxygens (including phenoxy) is 1. The van der Waals surface area contributed by atoms with Gasteiger partial charge in [-0.2, -0.15) is 0 Å². The first-order valence-corrected chi connectivity index (χ1v) is 9.24. The van der Waals surface area contributed by atoms with E-state index in [0.717, 1.165) is 30.2 Å². The first kappa shape index (κ1) is 19.6. The number of rotatable bonds is 6. The Labute approximate surface area is 166 Å². The number of halogens is 1. The third-order valence-corrected chi connectivity index (χ3v) is 5.02. The molecule has 0 saturated heterocycles. The number of fused-ring (bicyclic) bond motifs is 2. The van der Waals surface area contributed by atoms with Crippen LogP contribution in [0.25, 0.3) is 10.9 Å². The van der Waals surface area contributed by atoms with Crippen LogP contribution in [-0.4, -0.2) is 35.4 Å². The van der Waals surface area contributed by atoms with E-state index < -0.39 is 6.10 Å². The molecule has 0 fully saturated rings. The molecule has 0 radical (unpaired) electrons. The maximum atomic E-state index is 10.3. The van der Waals surface area contributed by atoms with Gasteiger partial charge >= 0.3 is 0 Å². The fourth-order valence-corrected chi connectivity index (χ4v) is 3.61. The van der Waals surface area contributed by atoms with E-state index in [0.29, 0.717) is 18.3 Å². The van der Waals surface area contributed by atoms with Gasteiger partial charge in [0.15, 0.2) is 0 Å². The third-order valence-electron chi connectivity index (χ3n) is 5.02. The van der Waals surface area contributed by atoms with Gasteiger partial charge in [0.2, 0.25) is 0 Å². The van der Waals surface area contributed by atoms with E-state index in [1.54, 1.807) is 6.20 Å². The summed E-state index contributed by atoms with van der Waals surface area (Å²) in [6.07, 6.45) is 4.44. The second-order valence-corrected chi connectivity index (χ2v) is 6.91. The zero-order valence-electron chi connectivity index (χ0n) is 15.2. The number of hydrogen-bond acceptors (Lipinski definition) is 4. The number of aliphatic hydroxyl groups is 1. The molecule has 2 unspecified atom stereocenters. The van der Waals surface area contributed by atoms with Gasteiger partial charge in [-0.1, -0.05) is 42.5 Å². The normalized spacial score (nSPS) is 17.0. The van der Waals surface area contributed by atoms with E-state index in [9.17, 15) is 5.11 Å². The summed E-state index contributed by atoms with van der Waals surface area (Å²) in [5.41, 5.74) is 3.71. The lowest BCUT2D eigenvalue weighted by molar-refractivity contribution is 0.103. The van der Waals surface area contributed by atoms with Crippen LogP contribution in [0.4, 0.5) is 0 Å². The molecule has 4 rings (SSSR count). The van der Waals surface area contributed by atoms with Crippen LogP contribution in [0.2, 0.25) is 0 Å². The molecule has 0 bridgehead atoms. The average molecular weight is 385 g/mol. The topological polar surface area (TPSA) is 54.4 Å². The second kappa shape index (κ2) is 9.18. The van der Waals surface area contributed by atoms with Crippen LogP contribution in [0.3, 0.4) is 0 Å². The van der Waals surface area contributed by atoms with Crippen LogP contribution >= 0.6 is 12.4 Å². The Hall–Kier alpha value is -2.14. The Morgan fingerprint density at radius 2 is 1.89 bits per heavy atom. The quantitative estimate of drug-likeness (QED) is 0.682. The van der Waals surface area contributed by atoms with Crippen molar-refractivity contribution in [2.45, 2.75) is 31.4 Å². The predicted octanol–water partition coefficient (Wildman–Crippen LogP) is 3.54. The summed E-state index contributed by atoms with van der Waals surface area (Å²) in [6.45, 7) is 0.789. The number of aliphatic hydroxyl groups excluding tert-OH is 1. The van der Waals surface area contributed by atoms with Gasteiger partial charge in [-0.25, -0.2) is 0 Å². The van der Waals surface area contributed by atoms with Gasteiger partial charge in [-0.15, -0.1) is 12.4 Å². The highest BCUT2D eigenvalue weighted by atomic mass is 35.5. The Kier molecular flexibility index (Phi) is 6.67. The molecule has 4 nitrogen and oxygen atoms in total. The van der Waals surface area contributed by atoms with Crippen molar-refractivity contribution in [2.24, 2.45) is 0 Å². The molecule has 0 saturated carbocycles. The predicted molar refractivity (Wildman–Crippen MR) is 111 cm³/mol. The molecule has 0 aliphatic heterocycles. The van der Waals surface area contributed by atoms with E-state index in [4.69, 9.17) is 4.74 Å². The van der Waals surface area contributed by atoms with Crippen LogP contribution in [0, 0.1) is 0 Å². The van der Waals surface area contributed by atoms with E-state index in [1.807, 2.05) is 30.3 Å². The van der Waals surface area contributed by atoms with Gasteiger partial charge in [-0.05, 0) is 42.5 Å². The Morgan fingerprint density at radius 3 is 2.78 bits per heavy atom. The van der Waals surface area contributed by atoms with Crippen molar-refractivity contribution in [3.8, 4) is 5.75 Å². The molecule has 2 atom stereocenters. The molecule has 5 heteroatoms. The van der Waals surface area contributed by atoms with Crippen molar-refractivity contribution in [1.82, 2.24) is 10.3 Å². The van der Waals surface area contributed by atoms with Crippen LogP contribution in [-0.2, 0) is 12.8 Å². The molecule has 2 aromatic carbocycles. The fraction of sp³-hybridized carbons (Fsp3) is 0.318. The molecular formula is C22H25ClN2O2. The summed E-state index contributed by atoms with van der Waals surface area (Å²) >= 11 is 0. The Balaban J connectivity index is 0.00000210. The van der Waals surface area contributed by atoms with Crippen molar-refractivity contribution in [1.29, 1.82) is 0 Å². The van der Waals surface area contributed by atoms with Gasteiger partial charge in [0.25, 0.3) is 0 Å². The third kappa shape index (κ3) is 4.78. The highest BCUT2D eigenvalue weighted by molar-refractivity contribution is 5.85. The SMILES string of the molecule is Cl.OC(CNC1CCc2ccccc2C1)COc1cccc2cccnc12. The lowest BCUT2D eigenvalue weighted by atomic mass is 9.88. The van der Waals surface area contributed by atoms with Gasteiger partial charge in [0.05, 0.1) is 0 Å². The lowest BCUT2D eigenvalue weighted by Crippen LogP contribution is -2.40. The molecule has 27 heavy (non-hydrogen) atoms. The maximum Gasteiger partial charge on any atom is 0.145 e. The Bertz CT molecular complexity index is 882. The molecule has 1 aromatic heterocycles. The molecule has 142 valence electrons. The van der Waals surface area contributed by atoms with Crippen LogP contribution in [0.1, 0.15) is 17.5 Å². The number of aryl methyl sites for hydroxylation is 1. The summed E-state index contributed by atoms with van der Waals surface area (Å²) in [7, 11) is 0. The minimum atomic E-state index is -0.550. The number of nitrogens with one attached hydrogen (secondary N) is 1. The summed E-state index contributed by atoms with van der Waals surface area (Å²) in [5.74, 6) is 0.716. The minimum absolute atomic E-state index is 0. The van der Waals surface area contributed by atoms with Crippen LogP contribution in [0.15, 0.2) is 60.8 Å². The standard InChI is InChI=1S/C22H24N2O2.ClH/c25-20(14-24-19-11-10-16-5-1-2-6-18(16)13-19)15-26-21-9-3-7-17-8-4-12-23-22(17)21;/h1-9,12,19-20,24-25H,10-11,13-15H2;1H. The summed E-state index contributed by atoms with van der Waals surface area (Å²) in [4.78, 5) is 4.38. The molecule has 0 spiro atoms. The van der Waals surface area contributed by atoms with Crippen molar-refractivity contribution >= 4 is 23.3 Å². The van der Waals surface area contributed by atoms with E-state index in [2.05, 4.69) is 34.6 Å². The maximum absolute atomic E-state index is 10.3. The average Bonchev–Trinajstić information content (AvgIpc) is 2.70. The zero-order valence-corrected chi connectivity index (χ0v) is 16.0. The highest BCUT2D eigenvalue weighted by Gasteiger charge is 2.18. The van der Waals surface area contributed by atoms with Gasteiger partial charge in [-0.3, -0.25) is 4.98 Å². The van der Waals surface area contributed by atoms with Crippen molar-refractivity contribution in [3.63, 3.8) is 0 Å². The van der Waals surface area contributed by atoms with E-state index in [-0.39, 0.29) is 19.0 Å². The molecule has 1 heterocycles. The number of hydrogen-bond donors (Lipinski definition) is 2. The fourth-order valence-electron chi connectivity index (χ4n) is 3.61. The second-order valence-electron chi connectivity index (χ2n) is 6.91. The lowest BCUT2D eigenvalue weighted by Gasteiger charge is -2.26.